The quantitative estimate of drug-likeness (QED) is 0.463. The Morgan fingerprint density at radius 1 is 0.857 bits per heavy atom. The summed E-state index contributed by atoms with van der Waals surface area (Å²) in [6.07, 6.45) is 9.00. The van der Waals surface area contributed by atoms with Crippen LogP contribution in [0.3, 0.4) is 0 Å². The van der Waals surface area contributed by atoms with Gasteiger partial charge in [0.05, 0.1) is 15.9 Å². The third kappa shape index (κ3) is 2.46. The van der Waals surface area contributed by atoms with Crippen LogP contribution in [0.1, 0.15) is 36.8 Å². The summed E-state index contributed by atoms with van der Waals surface area (Å²) in [5.74, 6) is 1.11. The molecule has 1 saturated heterocycles. The second kappa shape index (κ2) is 6.52. The van der Waals surface area contributed by atoms with Gasteiger partial charge in [0.25, 0.3) is 0 Å². The number of anilines is 1. The van der Waals surface area contributed by atoms with Crippen molar-refractivity contribution in [2.75, 3.05) is 18.0 Å². The van der Waals surface area contributed by atoms with Crippen molar-refractivity contribution < 1.29 is 0 Å². The van der Waals surface area contributed by atoms with Gasteiger partial charge >= 0.3 is 0 Å². The summed E-state index contributed by atoms with van der Waals surface area (Å²) >= 11 is 1.78. The molecule has 0 radical (unpaired) electrons. The fraction of sp³-hybridized carbons (Fsp3) is 0.348. The Bertz CT molecular complexity index is 1180. The molecule has 1 aliphatic carbocycles. The zero-order valence-electron chi connectivity index (χ0n) is 15.8. The first-order valence-electron chi connectivity index (χ1n) is 10.3. The molecule has 4 aromatic rings. The van der Waals surface area contributed by atoms with E-state index in [9.17, 15) is 0 Å². The second-order valence-electron chi connectivity index (χ2n) is 7.84. The zero-order valence-corrected chi connectivity index (χ0v) is 16.6. The van der Waals surface area contributed by atoms with E-state index in [1.54, 1.807) is 17.7 Å². The van der Waals surface area contributed by atoms with Gasteiger partial charge in [-0.3, -0.25) is 0 Å². The SMILES string of the molecule is c1ccc(-c2nc3sc4c(N5CCCC5)ncnc4c3c3c2CCCC3)cc1. The molecule has 4 nitrogen and oxygen atoms in total. The summed E-state index contributed by atoms with van der Waals surface area (Å²) in [5.41, 5.74) is 6.43. The molecule has 2 aliphatic rings. The lowest BCUT2D eigenvalue weighted by Crippen LogP contribution is -2.19. The summed E-state index contributed by atoms with van der Waals surface area (Å²) in [6.45, 7) is 2.20. The Kier molecular flexibility index (Phi) is 3.82. The molecule has 0 saturated carbocycles. The number of aromatic nitrogens is 3. The second-order valence-corrected chi connectivity index (χ2v) is 8.84. The molecule has 1 aromatic carbocycles. The predicted molar refractivity (Wildman–Crippen MR) is 116 cm³/mol. The smallest absolute Gasteiger partial charge is 0.150 e. The Hall–Kier alpha value is -2.53. The lowest BCUT2D eigenvalue weighted by Gasteiger charge is -2.20. The van der Waals surface area contributed by atoms with Crippen LogP contribution in [0.2, 0.25) is 0 Å². The average Bonchev–Trinajstić information content (AvgIpc) is 3.41. The Morgan fingerprint density at radius 3 is 2.46 bits per heavy atom. The summed E-state index contributed by atoms with van der Waals surface area (Å²) in [4.78, 5) is 18.2. The third-order valence-electron chi connectivity index (χ3n) is 6.16. The molecular formula is C23H22N4S. The fourth-order valence-electron chi connectivity index (χ4n) is 4.84. The van der Waals surface area contributed by atoms with Gasteiger partial charge in [-0.15, -0.1) is 11.3 Å². The number of nitrogens with zero attached hydrogens (tertiary/aromatic N) is 4. The van der Waals surface area contributed by atoms with Gasteiger partial charge in [0, 0.05) is 24.0 Å². The van der Waals surface area contributed by atoms with Crippen molar-refractivity contribution in [2.45, 2.75) is 38.5 Å². The van der Waals surface area contributed by atoms with Crippen molar-refractivity contribution >= 4 is 37.6 Å². The lowest BCUT2D eigenvalue weighted by molar-refractivity contribution is 0.689. The molecule has 4 heterocycles. The van der Waals surface area contributed by atoms with Crippen molar-refractivity contribution in [1.29, 1.82) is 0 Å². The molecule has 1 fully saturated rings. The lowest BCUT2D eigenvalue weighted by atomic mass is 9.87. The maximum absolute atomic E-state index is 5.20. The molecule has 0 bridgehead atoms. The van der Waals surface area contributed by atoms with E-state index in [4.69, 9.17) is 9.97 Å². The van der Waals surface area contributed by atoms with E-state index < -0.39 is 0 Å². The summed E-state index contributed by atoms with van der Waals surface area (Å²) < 4.78 is 1.21. The average molecular weight is 387 g/mol. The highest BCUT2D eigenvalue weighted by Gasteiger charge is 2.25. The van der Waals surface area contributed by atoms with Crippen LogP contribution >= 0.6 is 11.3 Å². The number of aryl methyl sites for hydroxylation is 1. The van der Waals surface area contributed by atoms with Crippen molar-refractivity contribution in [3.05, 3.63) is 47.8 Å². The van der Waals surface area contributed by atoms with Crippen LogP contribution in [0.5, 0.6) is 0 Å². The number of thiophene rings is 1. The van der Waals surface area contributed by atoms with E-state index in [2.05, 4.69) is 40.2 Å². The van der Waals surface area contributed by atoms with Gasteiger partial charge < -0.3 is 4.90 Å². The topological polar surface area (TPSA) is 41.9 Å². The van der Waals surface area contributed by atoms with Gasteiger partial charge in [0.1, 0.15) is 17.0 Å². The highest BCUT2D eigenvalue weighted by Crippen LogP contribution is 2.43. The molecule has 6 rings (SSSR count). The van der Waals surface area contributed by atoms with Crippen LogP contribution in [-0.2, 0) is 12.8 Å². The minimum Gasteiger partial charge on any atom is -0.355 e. The highest BCUT2D eigenvalue weighted by molar-refractivity contribution is 7.26. The summed E-state index contributed by atoms with van der Waals surface area (Å²) in [5, 5.41) is 1.29. The van der Waals surface area contributed by atoms with Gasteiger partial charge in [-0.25, -0.2) is 15.0 Å². The third-order valence-corrected chi connectivity index (χ3v) is 7.22. The fourth-order valence-corrected chi connectivity index (χ4v) is 6.01. The molecule has 1 aliphatic heterocycles. The summed E-state index contributed by atoms with van der Waals surface area (Å²) in [6, 6.07) is 10.7. The minimum atomic E-state index is 1.10. The Labute approximate surface area is 168 Å². The molecule has 140 valence electrons. The first kappa shape index (κ1) is 16.4. The minimum absolute atomic E-state index is 1.10. The maximum Gasteiger partial charge on any atom is 0.150 e. The molecule has 3 aromatic heterocycles. The van der Waals surface area contributed by atoms with Gasteiger partial charge in [-0.2, -0.15) is 0 Å². The zero-order chi connectivity index (χ0) is 18.5. The molecule has 0 amide bonds. The van der Waals surface area contributed by atoms with Crippen LogP contribution < -0.4 is 4.90 Å². The molecule has 28 heavy (non-hydrogen) atoms. The van der Waals surface area contributed by atoms with Gasteiger partial charge in [-0.1, -0.05) is 30.3 Å². The Morgan fingerprint density at radius 2 is 1.64 bits per heavy atom. The monoisotopic (exact) mass is 386 g/mol. The van der Waals surface area contributed by atoms with Crippen molar-refractivity contribution in [3.63, 3.8) is 0 Å². The van der Waals surface area contributed by atoms with Crippen LogP contribution in [0, 0.1) is 0 Å². The van der Waals surface area contributed by atoms with E-state index in [1.165, 1.54) is 58.2 Å². The van der Waals surface area contributed by atoms with Crippen LogP contribution in [0.4, 0.5) is 5.82 Å². The van der Waals surface area contributed by atoms with Crippen molar-refractivity contribution in [3.8, 4) is 11.3 Å². The van der Waals surface area contributed by atoms with E-state index in [0.29, 0.717) is 0 Å². The Balaban J connectivity index is 1.67. The normalized spacial score (nSPS) is 16.8. The van der Waals surface area contributed by atoms with Crippen molar-refractivity contribution in [1.82, 2.24) is 15.0 Å². The van der Waals surface area contributed by atoms with E-state index in [-0.39, 0.29) is 0 Å². The van der Waals surface area contributed by atoms with E-state index in [0.717, 1.165) is 42.1 Å². The number of rotatable bonds is 2. The first-order chi connectivity index (χ1) is 13.9. The first-order valence-corrected chi connectivity index (χ1v) is 11.1. The molecule has 0 N–H and O–H groups in total. The van der Waals surface area contributed by atoms with Crippen molar-refractivity contribution in [2.24, 2.45) is 0 Å². The molecule has 0 spiro atoms. The molecule has 5 heteroatoms. The number of hydrogen-bond acceptors (Lipinski definition) is 5. The van der Waals surface area contributed by atoms with E-state index in [1.807, 2.05) is 0 Å². The number of benzene rings is 1. The summed E-state index contributed by atoms with van der Waals surface area (Å²) in [7, 11) is 0. The highest BCUT2D eigenvalue weighted by atomic mass is 32.1. The molecule has 0 atom stereocenters. The van der Waals surface area contributed by atoms with E-state index >= 15 is 0 Å². The van der Waals surface area contributed by atoms with Gasteiger partial charge in [-0.05, 0) is 49.7 Å². The standard InChI is InChI=1S/C23H22N4S/c1-2-8-15(9-3-1)19-17-11-5-4-10-16(17)18-20-21(28-23(18)26-19)22(25-14-24-20)27-12-6-7-13-27/h1-3,8-9,14H,4-7,10-13H2. The number of hydrogen-bond donors (Lipinski definition) is 0. The predicted octanol–water partition coefficient (Wildman–Crippen LogP) is 5.39. The number of pyridine rings is 1. The molecule has 0 unspecified atom stereocenters. The van der Waals surface area contributed by atoms with Crippen LogP contribution in [-0.4, -0.2) is 28.0 Å². The maximum atomic E-state index is 5.20. The number of fused-ring (bicyclic) bond motifs is 5. The molecular weight excluding hydrogens is 364 g/mol. The van der Waals surface area contributed by atoms with Crippen LogP contribution in [0.15, 0.2) is 36.7 Å². The van der Waals surface area contributed by atoms with Gasteiger partial charge in [0.15, 0.2) is 0 Å². The van der Waals surface area contributed by atoms with Gasteiger partial charge in [0.2, 0.25) is 0 Å². The largest absolute Gasteiger partial charge is 0.355 e. The van der Waals surface area contributed by atoms with Crippen LogP contribution in [0.25, 0.3) is 31.7 Å².